The summed E-state index contributed by atoms with van der Waals surface area (Å²) in [7, 11) is 3.18. The molecule has 0 saturated heterocycles. The number of ether oxygens (including phenoxy) is 1. The smallest absolute Gasteiger partial charge is 0.331 e. The minimum Gasteiger partial charge on any atom is -0.452 e. The maximum Gasteiger partial charge on any atom is 0.331 e. The Morgan fingerprint density at radius 2 is 2.00 bits per heavy atom. The third-order valence-electron chi connectivity index (χ3n) is 2.74. The minimum absolute atomic E-state index is 0.123. The molecule has 6 heteroatoms. The van der Waals surface area contributed by atoms with Crippen LogP contribution >= 0.6 is 0 Å². The van der Waals surface area contributed by atoms with Crippen molar-refractivity contribution in [2.24, 2.45) is 0 Å². The summed E-state index contributed by atoms with van der Waals surface area (Å²) < 4.78 is 4.79. The van der Waals surface area contributed by atoms with Gasteiger partial charge in [-0.1, -0.05) is 29.8 Å². The second kappa shape index (κ2) is 8.61. The fourth-order valence-corrected chi connectivity index (χ4v) is 1.51. The Balaban J connectivity index is 2.33. The van der Waals surface area contributed by atoms with E-state index in [1.807, 2.05) is 31.2 Å². The Hall–Kier alpha value is -2.63. The van der Waals surface area contributed by atoms with Crippen LogP contribution in [0.25, 0.3) is 6.08 Å². The van der Waals surface area contributed by atoms with Crippen molar-refractivity contribution in [2.75, 3.05) is 27.2 Å². The fourth-order valence-electron chi connectivity index (χ4n) is 1.51. The van der Waals surface area contributed by atoms with Gasteiger partial charge in [-0.25, -0.2) is 4.79 Å². The maximum atomic E-state index is 11.5. The summed E-state index contributed by atoms with van der Waals surface area (Å²) >= 11 is 0. The van der Waals surface area contributed by atoms with Crippen LogP contribution in [0.1, 0.15) is 11.1 Å². The normalized spacial score (nSPS) is 10.3. The summed E-state index contributed by atoms with van der Waals surface area (Å²) in [5.41, 5.74) is 1.96. The molecule has 1 aromatic rings. The second-order valence-corrected chi connectivity index (χ2v) is 4.92. The van der Waals surface area contributed by atoms with E-state index in [1.54, 1.807) is 20.2 Å². The zero-order valence-electron chi connectivity index (χ0n) is 13.0. The molecule has 1 N–H and O–H groups in total. The Labute approximate surface area is 129 Å². The quantitative estimate of drug-likeness (QED) is 0.622. The molecule has 1 aromatic carbocycles. The number of likely N-dealkylation sites (N-methyl/N-ethyl adjacent to an activating group) is 1. The molecule has 0 heterocycles. The van der Waals surface area contributed by atoms with E-state index < -0.39 is 18.5 Å². The van der Waals surface area contributed by atoms with Crippen LogP contribution in [0, 0.1) is 6.92 Å². The van der Waals surface area contributed by atoms with Gasteiger partial charge >= 0.3 is 5.97 Å². The van der Waals surface area contributed by atoms with E-state index in [0.29, 0.717) is 0 Å². The van der Waals surface area contributed by atoms with Crippen LogP contribution in [0.5, 0.6) is 0 Å². The van der Waals surface area contributed by atoms with E-state index in [0.717, 1.165) is 11.1 Å². The SMILES string of the molecule is Cc1cccc(/C=C/C(=O)OCC(=O)NCC(=O)N(C)C)c1. The lowest BCUT2D eigenvalue weighted by molar-refractivity contribution is -0.144. The van der Waals surface area contributed by atoms with Crippen LogP contribution in [0.3, 0.4) is 0 Å². The number of hydrogen-bond acceptors (Lipinski definition) is 4. The molecule has 0 radical (unpaired) electrons. The monoisotopic (exact) mass is 304 g/mol. The highest BCUT2D eigenvalue weighted by atomic mass is 16.5. The third-order valence-corrected chi connectivity index (χ3v) is 2.74. The first-order valence-electron chi connectivity index (χ1n) is 6.77. The number of carbonyl (C=O) groups excluding carboxylic acids is 3. The van der Waals surface area contributed by atoms with Crippen molar-refractivity contribution in [3.8, 4) is 0 Å². The Bertz CT molecular complexity index is 579. The zero-order chi connectivity index (χ0) is 16.5. The van der Waals surface area contributed by atoms with Gasteiger partial charge < -0.3 is 15.0 Å². The van der Waals surface area contributed by atoms with Crippen molar-refractivity contribution in [1.82, 2.24) is 10.2 Å². The van der Waals surface area contributed by atoms with Gasteiger partial charge in [0.25, 0.3) is 5.91 Å². The summed E-state index contributed by atoms with van der Waals surface area (Å²) in [6, 6.07) is 7.62. The molecule has 2 amide bonds. The number of nitrogens with one attached hydrogen (secondary N) is 1. The Morgan fingerprint density at radius 3 is 2.64 bits per heavy atom. The van der Waals surface area contributed by atoms with Gasteiger partial charge in [-0.05, 0) is 18.6 Å². The molecule has 1 rings (SSSR count). The van der Waals surface area contributed by atoms with Crippen molar-refractivity contribution < 1.29 is 19.1 Å². The van der Waals surface area contributed by atoms with E-state index >= 15 is 0 Å². The van der Waals surface area contributed by atoms with Gasteiger partial charge in [-0.3, -0.25) is 9.59 Å². The lowest BCUT2D eigenvalue weighted by Gasteiger charge is -2.10. The number of benzene rings is 1. The van der Waals surface area contributed by atoms with Crippen molar-refractivity contribution in [1.29, 1.82) is 0 Å². The molecule has 0 aromatic heterocycles. The molecule has 0 aliphatic carbocycles. The van der Waals surface area contributed by atoms with Crippen LogP contribution in [0.2, 0.25) is 0 Å². The zero-order valence-corrected chi connectivity index (χ0v) is 13.0. The molecule has 0 fully saturated rings. The van der Waals surface area contributed by atoms with Gasteiger partial charge in [0.15, 0.2) is 6.61 Å². The summed E-state index contributed by atoms with van der Waals surface area (Å²) in [6.45, 7) is 1.41. The number of amides is 2. The topological polar surface area (TPSA) is 75.7 Å². The lowest BCUT2D eigenvalue weighted by Crippen LogP contribution is -2.38. The molecule has 0 spiro atoms. The lowest BCUT2D eigenvalue weighted by atomic mass is 10.1. The number of hydrogen-bond donors (Lipinski definition) is 1. The molecule has 0 atom stereocenters. The van der Waals surface area contributed by atoms with Crippen molar-refractivity contribution in [3.05, 3.63) is 41.5 Å². The molecule has 0 aliphatic heterocycles. The summed E-state index contributed by atoms with van der Waals surface area (Å²) in [5, 5.41) is 2.37. The fraction of sp³-hybridized carbons (Fsp3) is 0.312. The van der Waals surface area contributed by atoms with Gasteiger partial charge in [-0.15, -0.1) is 0 Å². The molecule has 22 heavy (non-hydrogen) atoms. The van der Waals surface area contributed by atoms with Crippen molar-refractivity contribution in [2.45, 2.75) is 6.92 Å². The third kappa shape index (κ3) is 6.69. The molecular formula is C16H20N2O4. The standard InChI is InChI=1S/C16H20N2O4/c1-12-5-4-6-13(9-12)7-8-16(21)22-11-14(19)17-10-15(20)18(2)3/h4-9H,10-11H2,1-3H3,(H,17,19)/b8-7+. The number of esters is 1. The molecule has 0 unspecified atom stereocenters. The first kappa shape index (κ1) is 17.4. The highest BCUT2D eigenvalue weighted by Gasteiger charge is 2.08. The highest BCUT2D eigenvalue weighted by Crippen LogP contribution is 2.05. The van der Waals surface area contributed by atoms with Gasteiger partial charge in [0.2, 0.25) is 5.91 Å². The molecular weight excluding hydrogens is 284 g/mol. The van der Waals surface area contributed by atoms with E-state index in [-0.39, 0.29) is 12.5 Å². The Morgan fingerprint density at radius 1 is 1.27 bits per heavy atom. The van der Waals surface area contributed by atoms with E-state index in [2.05, 4.69) is 5.32 Å². The molecule has 0 aliphatic rings. The van der Waals surface area contributed by atoms with Crippen LogP contribution in [-0.4, -0.2) is 49.9 Å². The summed E-state index contributed by atoms with van der Waals surface area (Å²) in [6.07, 6.45) is 2.87. The van der Waals surface area contributed by atoms with Crippen LogP contribution in [-0.2, 0) is 19.1 Å². The van der Waals surface area contributed by atoms with E-state index in [4.69, 9.17) is 4.74 Å². The average Bonchev–Trinajstić information content (AvgIpc) is 2.48. The maximum absolute atomic E-state index is 11.5. The van der Waals surface area contributed by atoms with Crippen LogP contribution in [0.4, 0.5) is 0 Å². The summed E-state index contributed by atoms with van der Waals surface area (Å²) in [4.78, 5) is 35.5. The predicted octanol–water partition coefficient (Wildman–Crippen LogP) is 0.756. The van der Waals surface area contributed by atoms with Crippen molar-refractivity contribution in [3.63, 3.8) is 0 Å². The molecule has 6 nitrogen and oxygen atoms in total. The number of nitrogens with zero attached hydrogens (tertiary/aromatic N) is 1. The number of aryl methyl sites for hydroxylation is 1. The highest BCUT2D eigenvalue weighted by molar-refractivity contribution is 5.90. The molecule has 118 valence electrons. The average molecular weight is 304 g/mol. The first-order chi connectivity index (χ1) is 10.4. The largest absolute Gasteiger partial charge is 0.452 e. The van der Waals surface area contributed by atoms with Crippen LogP contribution < -0.4 is 5.32 Å². The van der Waals surface area contributed by atoms with Crippen LogP contribution in [0.15, 0.2) is 30.3 Å². The Kier molecular flexibility index (Phi) is 6.82. The van der Waals surface area contributed by atoms with Gasteiger partial charge in [0, 0.05) is 20.2 Å². The first-order valence-corrected chi connectivity index (χ1v) is 6.77. The van der Waals surface area contributed by atoms with E-state index in [9.17, 15) is 14.4 Å². The van der Waals surface area contributed by atoms with Crippen molar-refractivity contribution >= 4 is 23.9 Å². The minimum atomic E-state index is -0.615. The second-order valence-electron chi connectivity index (χ2n) is 4.92. The van der Waals surface area contributed by atoms with Gasteiger partial charge in [0.05, 0.1) is 6.54 Å². The number of carbonyl (C=O) groups is 3. The summed E-state index contributed by atoms with van der Waals surface area (Å²) in [5.74, 6) is -1.37. The van der Waals surface area contributed by atoms with Gasteiger partial charge in [0.1, 0.15) is 0 Å². The molecule has 0 saturated carbocycles. The predicted molar refractivity (Wildman–Crippen MR) is 82.9 cm³/mol. The van der Waals surface area contributed by atoms with E-state index in [1.165, 1.54) is 11.0 Å². The van der Waals surface area contributed by atoms with Gasteiger partial charge in [-0.2, -0.15) is 0 Å². The molecule has 0 bridgehead atoms. The number of rotatable bonds is 6.